The maximum Gasteiger partial charge on any atom is 0.216 e. The predicted molar refractivity (Wildman–Crippen MR) is 124 cm³/mol. The first-order valence-corrected chi connectivity index (χ1v) is 9.83. The lowest BCUT2D eigenvalue weighted by Gasteiger charge is -2.15. The molecule has 0 saturated carbocycles. The fraction of sp³-hybridized carbons (Fsp3) is 0.192. The number of rotatable bonds is 10. The summed E-state index contributed by atoms with van der Waals surface area (Å²) in [7, 11) is 4.71. The fourth-order valence-corrected chi connectivity index (χ4v) is 3.02. The average Bonchev–Trinajstić information content (AvgIpc) is 2.85. The van der Waals surface area contributed by atoms with Crippen molar-refractivity contribution >= 4 is 5.57 Å². The van der Waals surface area contributed by atoms with Crippen LogP contribution in [0.2, 0.25) is 0 Å². The Kier molecular flexibility index (Phi) is 7.60. The van der Waals surface area contributed by atoms with Crippen LogP contribution in [0.1, 0.15) is 16.7 Å². The standard InChI is InChI=1S/C26H25NO5/c1-6-12-31-22-9-7-8-19(13-22)17-32-24-14-20(10-11-23(24)28-3)18(2)21-15-25(29-4)27-26(16-21)30-5/h1,7-11,13-16H,2,12,17H2,3-5H3. The van der Waals surface area contributed by atoms with E-state index in [0.29, 0.717) is 35.6 Å². The summed E-state index contributed by atoms with van der Waals surface area (Å²) in [5.74, 6) is 5.24. The van der Waals surface area contributed by atoms with Crippen molar-refractivity contribution in [3.8, 4) is 41.4 Å². The minimum absolute atomic E-state index is 0.215. The fourth-order valence-electron chi connectivity index (χ4n) is 3.02. The molecule has 0 unspecified atom stereocenters. The Morgan fingerprint density at radius 3 is 2.28 bits per heavy atom. The van der Waals surface area contributed by atoms with Crippen LogP contribution in [0.25, 0.3) is 5.57 Å². The van der Waals surface area contributed by atoms with Gasteiger partial charge in [-0.15, -0.1) is 6.42 Å². The number of nitrogens with zero attached hydrogens (tertiary/aromatic N) is 1. The molecule has 0 atom stereocenters. The second-order valence-corrected chi connectivity index (χ2v) is 6.71. The Labute approximate surface area is 188 Å². The maximum atomic E-state index is 6.07. The van der Waals surface area contributed by atoms with Gasteiger partial charge in [-0.25, -0.2) is 0 Å². The molecule has 0 aliphatic rings. The number of methoxy groups -OCH3 is 3. The van der Waals surface area contributed by atoms with E-state index in [1.807, 2.05) is 42.5 Å². The normalized spacial score (nSPS) is 10.1. The lowest BCUT2D eigenvalue weighted by atomic mass is 10.00. The van der Waals surface area contributed by atoms with Crippen LogP contribution in [0.5, 0.6) is 29.0 Å². The van der Waals surface area contributed by atoms with Gasteiger partial charge >= 0.3 is 0 Å². The van der Waals surface area contributed by atoms with Gasteiger partial charge in [-0.05, 0) is 46.5 Å². The molecule has 3 rings (SSSR count). The molecule has 164 valence electrons. The Morgan fingerprint density at radius 1 is 0.875 bits per heavy atom. The molecule has 0 aliphatic heterocycles. The minimum Gasteiger partial charge on any atom is -0.493 e. The Balaban J connectivity index is 1.83. The number of ether oxygens (including phenoxy) is 5. The van der Waals surface area contributed by atoms with E-state index in [2.05, 4.69) is 17.5 Å². The van der Waals surface area contributed by atoms with E-state index in [1.165, 1.54) is 0 Å². The molecule has 0 spiro atoms. The van der Waals surface area contributed by atoms with Crippen LogP contribution in [0.15, 0.2) is 61.2 Å². The number of terminal acetylenes is 1. The molecule has 0 radical (unpaired) electrons. The zero-order valence-electron chi connectivity index (χ0n) is 18.4. The summed E-state index contributed by atoms with van der Waals surface area (Å²) in [5.41, 5.74) is 3.39. The molecule has 6 heteroatoms. The monoisotopic (exact) mass is 431 g/mol. The Bertz CT molecular complexity index is 1110. The molecule has 0 saturated heterocycles. The summed E-state index contributed by atoms with van der Waals surface area (Å²) < 4.78 is 27.6. The quantitative estimate of drug-likeness (QED) is 0.432. The molecule has 3 aromatic rings. The van der Waals surface area contributed by atoms with Crippen LogP contribution in [0.3, 0.4) is 0 Å². The first-order valence-electron chi connectivity index (χ1n) is 9.83. The van der Waals surface area contributed by atoms with Gasteiger partial charge in [0.15, 0.2) is 11.5 Å². The zero-order valence-corrected chi connectivity index (χ0v) is 18.4. The molecule has 0 fully saturated rings. The highest BCUT2D eigenvalue weighted by atomic mass is 16.5. The average molecular weight is 431 g/mol. The number of benzene rings is 2. The van der Waals surface area contributed by atoms with Crippen molar-refractivity contribution in [2.45, 2.75) is 6.61 Å². The van der Waals surface area contributed by atoms with Crippen molar-refractivity contribution in [1.82, 2.24) is 4.98 Å². The third-order valence-electron chi connectivity index (χ3n) is 4.67. The number of hydrogen-bond acceptors (Lipinski definition) is 6. The van der Waals surface area contributed by atoms with Crippen molar-refractivity contribution in [2.24, 2.45) is 0 Å². The van der Waals surface area contributed by atoms with Crippen LogP contribution in [-0.2, 0) is 6.61 Å². The predicted octanol–water partition coefficient (Wildman–Crippen LogP) is 4.76. The first kappa shape index (κ1) is 22.6. The van der Waals surface area contributed by atoms with E-state index in [1.54, 1.807) is 33.5 Å². The van der Waals surface area contributed by atoms with Crippen LogP contribution in [-0.4, -0.2) is 32.9 Å². The molecule has 0 N–H and O–H groups in total. The zero-order chi connectivity index (χ0) is 22.9. The summed E-state index contributed by atoms with van der Waals surface area (Å²) in [6.45, 7) is 4.78. The van der Waals surface area contributed by atoms with Crippen LogP contribution < -0.4 is 23.7 Å². The van der Waals surface area contributed by atoms with Gasteiger partial charge in [-0.3, -0.25) is 0 Å². The second-order valence-electron chi connectivity index (χ2n) is 6.71. The molecule has 2 aromatic carbocycles. The number of hydrogen-bond donors (Lipinski definition) is 0. The second kappa shape index (κ2) is 10.8. The topological polar surface area (TPSA) is 59.0 Å². The molecule has 0 aliphatic carbocycles. The molecule has 1 aromatic heterocycles. The molecular weight excluding hydrogens is 406 g/mol. The smallest absolute Gasteiger partial charge is 0.216 e. The van der Waals surface area contributed by atoms with E-state index in [0.717, 1.165) is 22.3 Å². The lowest BCUT2D eigenvalue weighted by Crippen LogP contribution is -2.00. The highest BCUT2D eigenvalue weighted by Crippen LogP contribution is 2.34. The molecule has 1 heterocycles. The van der Waals surface area contributed by atoms with Crippen LogP contribution in [0.4, 0.5) is 0 Å². The summed E-state index contributed by atoms with van der Waals surface area (Å²) >= 11 is 0. The lowest BCUT2D eigenvalue weighted by molar-refractivity contribution is 0.283. The van der Waals surface area contributed by atoms with Crippen LogP contribution in [0, 0.1) is 12.3 Å². The third kappa shape index (κ3) is 5.52. The molecule has 0 amide bonds. The van der Waals surface area contributed by atoms with E-state index in [4.69, 9.17) is 30.1 Å². The number of aromatic nitrogens is 1. The highest BCUT2D eigenvalue weighted by molar-refractivity contribution is 5.80. The summed E-state index contributed by atoms with van der Waals surface area (Å²) in [6, 6.07) is 16.8. The van der Waals surface area contributed by atoms with Gasteiger partial charge < -0.3 is 23.7 Å². The minimum atomic E-state index is 0.215. The molecule has 32 heavy (non-hydrogen) atoms. The SMILES string of the molecule is C#CCOc1cccc(COc2cc(C(=C)c3cc(OC)nc(OC)c3)ccc2OC)c1. The third-order valence-corrected chi connectivity index (χ3v) is 4.67. The number of pyridine rings is 1. The molecular formula is C26H25NO5. The van der Waals surface area contributed by atoms with E-state index < -0.39 is 0 Å². The largest absolute Gasteiger partial charge is 0.493 e. The highest BCUT2D eigenvalue weighted by Gasteiger charge is 2.12. The van der Waals surface area contributed by atoms with Crippen molar-refractivity contribution in [3.63, 3.8) is 0 Å². The summed E-state index contributed by atoms with van der Waals surface area (Å²) in [5, 5.41) is 0. The van der Waals surface area contributed by atoms with Gasteiger partial charge in [0.25, 0.3) is 0 Å². The van der Waals surface area contributed by atoms with Gasteiger partial charge in [-0.1, -0.05) is 30.7 Å². The first-order chi connectivity index (χ1) is 15.6. The van der Waals surface area contributed by atoms with E-state index in [-0.39, 0.29) is 6.61 Å². The molecule has 0 bridgehead atoms. The summed E-state index contributed by atoms with van der Waals surface area (Å²) in [6.07, 6.45) is 5.26. The van der Waals surface area contributed by atoms with Crippen molar-refractivity contribution in [1.29, 1.82) is 0 Å². The van der Waals surface area contributed by atoms with Gasteiger partial charge in [0, 0.05) is 12.1 Å². The van der Waals surface area contributed by atoms with Gasteiger partial charge in [0.05, 0.1) is 21.3 Å². The Morgan fingerprint density at radius 2 is 1.62 bits per heavy atom. The van der Waals surface area contributed by atoms with Crippen molar-refractivity contribution < 1.29 is 23.7 Å². The van der Waals surface area contributed by atoms with E-state index >= 15 is 0 Å². The summed E-state index contributed by atoms with van der Waals surface area (Å²) in [4.78, 5) is 4.23. The van der Waals surface area contributed by atoms with Crippen LogP contribution >= 0.6 is 0 Å². The maximum absolute atomic E-state index is 6.07. The Hall–Kier alpha value is -4.11. The molecule has 6 nitrogen and oxygen atoms in total. The van der Waals surface area contributed by atoms with Gasteiger partial charge in [0.2, 0.25) is 11.8 Å². The van der Waals surface area contributed by atoms with E-state index in [9.17, 15) is 0 Å². The van der Waals surface area contributed by atoms with Crippen molar-refractivity contribution in [2.75, 3.05) is 27.9 Å². The van der Waals surface area contributed by atoms with Gasteiger partial charge in [-0.2, -0.15) is 4.98 Å². The van der Waals surface area contributed by atoms with Crippen molar-refractivity contribution in [3.05, 3.63) is 77.9 Å². The van der Waals surface area contributed by atoms with Gasteiger partial charge in [0.1, 0.15) is 19.0 Å².